The van der Waals surface area contributed by atoms with Crippen molar-refractivity contribution in [3.05, 3.63) is 50.8 Å². The zero-order valence-corrected chi connectivity index (χ0v) is 12.3. The van der Waals surface area contributed by atoms with Gasteiger partial charge in [0, 0.05) is 0 Å². The predicted molar refractivity (Wildman–Crippen MR) is 74.4 cm³/mol. The molecule has 0 spiro atoms. The van der Waals surface area contributed by atoms with Crippen molar-refractivity contribution in [3.63, 3.8) is 0 Å². The van der Waals surface area contributed by atoms with Crippen LogP contribution in [0.25, 0.3) is 0 Å². The summed E-state index contributed by atoms with van der Waals surface area (Å²) >= 11 is 3.56. The maximum atomic E-state index is 4.53. The van der Waals surface area contributed by atoms with Crippen molar-refractivity contribution < 1.29 is 0 Å². The van der Waals surface area contributed by atoms with Gasteiger partial charge in [-0.2, -0.15) is 5.10 Å². The van der Waals surface area contributed by atoms with Crippen molar-refractivity contribution in [1.29, 1.82) is 0 Å². The van der Waals surface area contributed by atoms with Crippen molar-refractivity contribution in [2.75, 3.05) is 0 Å². The molecule has 0 unspecified atom stereocenters. The molecule has 0 saturated carbocycles. The second kappa shape index (κ2) is 4.65. The molecule has 0 N–H and O–H groups in total. The average molecular weight is 293 g/mol. The van der Waals surface area contributed by atoms with E-state index in [0.717, 1.165) is 16.7 Å². The Labute approximate surface area is 111 Å². The van der Waals surface area contributed by atoms with E-state index in [4.69, 9.17) is 0 Å². The van der Waals surface area contributed by atoms with Crippen LogP contribution in [-0.4, -0.2) is 9.78 Å². The minimum absolute atomic E-state index is 0.834. The third-order valence-corrected chi connectivity index (χ3v) is 4.05. The maximum absolute atomic E-state index is 4.53. The summed E-state index contributed by atoms with van der Waals surface area (Å²) in [5, 5.41) is 4.53. The number of benzene rings is 1. The molecule has 0 saturated heterocycles. The summed E-state index contributed by atoms with van der Waals surface area (Å²) < 4.78 is 3.16. The lowest BCUT2D eigenvalue weighted by atomic mass is 10.1. The Morgan fingerprint density at radius 3 is 2.12 bits per heavy atom. The van der Waals surface area contributed by atoms with Gasteiger partial charge in [-0.3, -0.25) is 4.68 Å². The minimum atomic E-state index is 0.834. The van der Waals surface area contributed by atoms with E-state index in [2.05, 4.69) is 60.0 Å². The smallest absolute Gasteiger partial charge is 0.0738 e. The number of aromatic nitrogens is 2. The highest BCUT2D eigenvalue weighted by Gasteiger charge is 2.09. The Kier molecular flexibility index (Phi) is 3.38. The van der Waals surface area contributed by atoms with Gasteiger partial charge in [0.25, 0.3) is 0 Å². The SMILES string of the molecule is Cc1cc(C)cc(Cn2nc(C)c(Br)c2C)c1. The zero-order valence-electron chi connectivity index (χ0n) is 10.7. The molecule has 1 heterocycles. The summed E-state index contributed by atoms with van der Waals surface area (Å²) in [6.45, 7) is 9.21. The van der Waals surface area contributed by atoms with Crippen molar-refractivity contribution in [2.24, 2.45) is 0 Å². The van der Waals surface area contributed by atoms with Gasteiger partial charge in [0.1, 0.15) is 0 Å². The van der Waals surface area contributed by atoms with E-state index >= 15 is 0 Å². The van der Waals surface area contributed by atoms with E-state index in [-0.39, 0.29) is 0 Å². The fourth-order valence-electron chi connectivity index (χ4n) is 2.16. The largest absolute Gasteiger partial charge is 0.264 e. The fourth-order valence-corrected chi connectivity index (χ4v) is 2.45. The molecule has 0 aliphatic heterocycles. The fraction of sp³-hybridized carbons (Fsp3) is 0.357. The lowest BCUT2D eigenvalue weighted by Crippen LogP contribution is -2.04. The van der Waals surface area contributed by atoms with Gasteiger partial charge in [0.2, 0.25) is 0 Å². The van der Waals surface area contributed by atoms with Crippen molar-refractivity contribution in [2.45, 2.75) is 34.2 Å². The Morgan fingerprint density at radius 1 is 1.06 bits per heavy atom. The summed E-state index contributed by atoms with van der Waals surface area (Å²) in [5.74, 6) is 0. The first-order chi connectivity index (χ1) is 7.97. The van der Waals surface area contributed by atoms with E-state index in [1.54, 1.807) is 0 Å². The van der Waals surface area contributed by atoms with Crippen LogP contribution in [-0.2, 0) is 6.54 Å². The van der Waals surface area contributed by atoms with Crippen LogP contribution < -0.4 is 0 Å². The van der Waals surface area contributed by atoms with Gasteiger partial charge in [0.05, 0.1) is 22.4 Å². The Hall–Kier alpha value is -1.09. The lowest BCUT2D eigenvalue weighted by molar-refractivity contribution is 0.658. The number of hydrogen-bond acceptors (Lipinski definition) is 1. The Bertz CT molecular complexity index is 535. The van der Waals surface area contributed by atoms with Crippen LogP contribution in [0, 0.1) is 27.7 Å². The van der Waals surface area contributed by atoms with E-state index in [1.807, 2.05) is 11.6 Å². The molecule has 2 rings (SSSR count). The van der Waals surface area contributed by atoms with Crippen LogP contribution in [0.15, 0.2) is 22.7 Å². The van der Waals surface area contributed by atoms with Crippen molar-refractivity contribution in [1.82, 2.24) is 9.78 Å². The average Bonchev–Trinajstić information content (AvgIpc) is 2.45. The molecule has 90 valence electrons. The van der Waals surface area contributed by atoms with Crippen LogP contribution in [0.4, 0.5) is 0 Å². The molecule has 3 heteroatoms. The predicted octanol–water partition coefficient (Wildman–Crippen LogP) is 3.93. The second-order valence-electron chi connectivity index (χ2n) is 4.64. The van der Waals surface area contributed by atoms with Gasteiger partial charge in [-0.05, 0) is 49.2 Å². The molecule has 17 heavy (non-hydrogen) atoms. The molecule has 2 aromatic rings. The van der Waals surface area contributed by atoms with Gasteiger partial charge in [0.15, 0.2) is 0 Å². The first kappa shape index (κ1) is 12.4. The molecule has 0 aliphatic rings. The quantitative estimate of drug-likeness (QED) is 0.820. The summed E-state index contributed by atoms with van der Waals surface area (Å²) in [7, 11) is 0. The van der Waals surface area contributed by atoms with Crippen LogP contribution in [0.3, 0.4) is 0 Å². The molecule has 0 amide bonds. The molecule has 1 aromatic carbocycles. The molecule has 0 aliphatic carbocycles. The first-order valence-electron chi connectivity index (χ1n) is 5.74. The zero-order chi connectivity index (χ0) is 12.6. The number of halogens is 1. The molecule has 0 fully saturated rings. The monoisotopic (exact) mass is 292 g/mol. The molecular formula is C14H17BrN2. The Balaban J connectivity index is 2.34. The van der Waals surface area contributed by atoms with Gasteiger partial charge >= 0.3 is 0 Å². The number of aryl methyl sites for hydroxylation is 3. The molecule has 0 atom stereocenters. The minimum Gasteiger partial charge on any atom is -0.264 e. The van der Waals surface area contributed by atoms with Gasteiger partial charge in [-0.1, -0.05) is 29.3 Å². The molecule has 0 bridgehead atoms. The van der Waals surface area contributed by atoms with E-state index < -0.39 is 0 Å². The van der Waals surface area contributed by atoms with Crippen LogP contribution in [0.1, 0.15) is 28.1 Å². The molecule has 0 radical (unpaired) electrons. The summed E-state index contributed by atoms with van der Waals surface area (Å²) in [5.41, 5.74) is 6.15. The number of nitrogens with zero attached hydrogens (tertiary/aromatic N) is 2. The first-order valence-corrected chi connectivity index (χ1v) is 6.53. The van der Waals surface area contributed by atoms with Crippen molar-refractivity contribution >= 4 is 15.9 Å². The van der Waals surface area contributed by atoms with Crippen LogP contribution in [0.5, 0.6) is 0 Å². The maximum Gasteiger partial charge on any atom is 0.0738 e. The number of rotatable bonds is 2. The molecule has 2 nitrogen and oxygen atoms in total. The number of hydrogen-bond donors (Lipinski definition) is 0. The van der Waals surface area contributed by atoms with E-state index in [1.165, 1.54) is 22.4 Å². The van der Waals surface area contributed by atoms with Crippen molar-refractivity contribution in [3.8, 4) is 0 Å². The van der Waals surface area contributed by atoms with E-state index in [0.29, 0.717) is 0 Å². The van der Waals surface area contributed by atoms with Crippen LogP contribution in [0.2, 0.25) is 0 Å². The van der Waals surface area contributed by atoms with Gasteiger partial charge in [-0.25, -0.2) is 0 Å². The van der Waals surface area contributed by atoms with Gasteiger partial charge < -0.3 is 0 Å². The van der Waals surface area contributed by atoms with Gasteiger partial charge in [-0.15, -0.1) is 0 Å². The second-order valence-corrected chi connectivity index (χ2v) is 5.43. The van der Waals surface area contributed by atoms with Crippen LogP contribution >= 0.6 is 15.9 Å². The normalized spacial score (nSPS) is 10.9. The molecule has 1 aromatic heterocycles. The van der Waals surface area contributed by atoms with E-state index in [9.17, 15) is 0 Å². The third-order valence-electron chi connectivity index (χ3n) is 2.91. The third kappa shape index (κ3) is 2.60. The summed E-state index contributed by atoms with van der Waals surface area (Å²) in [4.78, 5) is 0. The lowest BCUT2D eigenvalue weighted by Gasteiger charge is -2.07. The molecular weight excluding hydrogens is 276 g/mol. The standard InChI is InChI=1S/C14H17BrN2/c1-9-5-10(2)7-13(6-9)8-17-12(4)14(15)11(3)16-17/h5-7H,8H2,1-4H3. The topological polar surface area (TPSA) is 17.8 Å². The summed E-state index contributed by atoms with van der Waals surface area (Å²) in [6.07, 6.45) is 0. The highest BCUT2D eigenvalue weighted by atomic mass is 79.9. The highest BCUT2D eigenvalue weighted by molar-refractivity contribution is 9.10. The highest BCUT2D eigenvalue weighted by Crippen LogP contribution is 2.21. The summed E-state index contributed by atoms with van der Waals surface area (Å²) in [6, 6.07) is 6.63. The Morgan fingerprint density at radius 2 is 1.65 bits per heavy atom.